The summed E-state index contributed by atoms with van der Waals surface area (Å²) < 4.78 is 0. The van der Waals surface area contributed by atoms with E-state index in [4.69, 9.17) is 5.11 Å². The summed E-state index contributed by atoms with van der Waals surface area (Å²) in [6.07, 6.45) is 3.23. The van der Waals surface area contributed by atoms with Crippen molar-refractivity contribution >= 4 is 11.8 Å². The maximum absolute atomic E-state index is 11.2. The molecule has 0 aliphatic rings. The zero-order valence-corrected chi connectivity index (χ0v) is 8.64. The summed E-state index contributed by atoms with van der Waals surface area (Å²) in [5.41, 5.74) is 0.811. The third-order valence-corrected chi connectivity index (χ3v) is 1.78. The predicted octanol–water partition coefficient (Wildman–Crippen LogP) is -1.19. The van der Waals surface area contributed by atoms with Gasteiger partial charge in [0.15, 0.2) is 0 Å². The first-order chi connectivity index (χ1) is 7.74. The minimum Gasteiger partial charge on any atom is -0.395 e. The normalized spacial score (nSPS) is 9.56. The summed E-state index contributed by atoms with van der Waals surface area (Å²) in [4.78, 5) is 26.1. The van der Waals surface area contributed by atoms with E-state index in [-0.39, 0.29) is 19.7 Å². The average molecular weight is 223 g/mol. The number of carbonyl (C=O) groups excluding carboxylic acids is 2. The minimum atomic E-state index is -0.752. The second-order valence-corrected chi connectivity index (χ2v) is 3.02. The lowest BCUT2D eigenvalue weighted by Crippen LogP contribution is -2.40. The van der Waals surface area contributed by atoms with Gasteiger partial charge in [-0.05, 0) is 11.6 Å². The van der Waals surface area contributed by atoms with Crippen molar-refractivity contribution in [3.05, 3.63) is 30.1 Å². The molecule has 0 aliphatic carbocycles. The lowest BCUT2D eigenvalue weighted by molar-refractivity contribution is -0.139. The molecule has 0 saturated heterocycles. The van der Waals surface area contributed by atoms with Gasteiger partial charge in [0.25, 0.3) is 0 Å². The first-order valence-corrected chi connectivity index (χ1v) is 4.80. The molecule has 16 heavy (non-hydrogen) atoms. The standard InChI is InChI=1S/C10H13N3O3/c14-5-4-12-9(15)10(16)13-7-8-2-1-3-11-6-8/h1-3,6,14H,4-5,7H2,(H,12,15)(H,13,16). The largest absolute Gasteiger partial charge is 0.395 e. The minimum absolute atomic E-state index is 0.0686. The number of nitrogens with zero attached hydrogens (tertiary/aromatic N) is 1. The molecule has 1 aromatic heterocycles. The Kier molecular flexibility index (Phi) is 4.94. The lowest BCUT2D eigenvalue weighted by atomic mass is 10.3. The molecule has 86 valence electrons. The number of hydrogen-bond acceptors (Lipinski definition) is 4. The summed E-state index contributed by atoms with van der Waals surface area (Å²) in [5, 5.41) is 13.1. The fourth-order valence-corrected chi connectivity index (χ4v) is 1.02. The summed E-state index contributed by atoms with van der Waals surface area (Å²) in [6.45, 7) is 0.125. The molecule has 0 fully saturated rings. The molecule has 2 amide bonds. The summed E-state index contributed by atoms with van der Waals surface area (Å²) in [5.74, 6) is -1.48. The zero-order chi connectivity index (χ0) is 11.8. The molecule has 3 N–H and O–H groups in total. The van der Waals surface area contributed by atoms with Gasteiger partial charge in [0.2, 0.25) is 0 Å². The highest BCUT2D eigenvalue weighted by atomic mass is 16.3. The molecule has 0 atom stereocenters. The van der Waals surface area contributed by atoms with Crippen molar-refractivity contribution in [2.24, 2.45) is 0 Å². The van der Waals surface area contributed by atoms with Crippen molar-refractivity contribution in [3.63, 3.8) is 0 Å². The number of aromatic nitrogens is 1. The molecule has 0 saturated carbocycles. The van der Waals surface area contributed by atoms with Gasteiger partial charge in [-0.25, -0.2) is 0 Å². The summed E-state index contributed by atoms with van der Waals surface area (Å²) >= 11 is 0. The molecular weight excluding hydrogens is 210 g/mol. The van der Waals surface area contributed by atoms with Crippen LogP contribution in [0, 0.1) is 0 Å². The van der Waals surface area contributed by atoms with Crippen LogP contribution in [0.25, 0.3) is 0 Å². The Bertz CT molecular complexity index is 354. The van der Waals surface area contributed by atoms with Gasteiger partial charge in [0.05, 0.1) is 6.61 Å². The van der Waals surface area contributed by atoms with Crippen LogP contribution in [-0.2, 0) is 16.1 Å². The van der Waals surface area contributed by atoms with E-state index in [1.807, 2.05) is 0 Å². The van der Waals surface area contributed by atoms with E-state index in [2.05, 4.69) is 15.6 Å². The van der Waals surface area contributed by atoms with Crippen LogP contribution in [0.5, 0.6) is 0 Å². The topological polar surface area (TPSA) is 91.3 Å². The van der Waals surface area contributed by atoms with Crippen molar-refractivity contribution < 1.29 is 14.7 Å². The Balaban J connectivity index is 2.32. The smallest absolute Gasteiger partial charge is 0.309 e. The maximum atomic E-state index is 11.2. The monoisotopic (exact) mass is 223 g/mol. The van der Waals surface area contributed by atoms with E-state index < -0.39 is 11.8 Å². The van der Waals surface area contributed by atoms with Gasteiger partial charge in [-0.1, -0.05) is 6.07 Å². The summed E-state index contributed by atoms with van der Waals surface area (Å²) in [7, 11) is 0. The fourth-order valence-electron chi connectivity index (χ4n) is 1.02. The SMILES string of the molecule is O=C(NCCO)C(=O)NCc1cccnc1. The van der Waals surface area contributed by atoms with Gasteiger partial charge < -0.3 is 15.7 Å². The van der Waals surface area contributed by atoms with Gasteiger partial charge in [-0.3, -0.25) is 14.6 Å². The van der Waals surface area contributed by atoms with Crippen molar-refractivity contribution in [2.45, 2.75) is 6.54 Å². The van der Waals surface area contributed by atoms with Crippen LogP contribution in [0.15, 0.2) is 24.5 Å². The molecule has 1 rings (SSSR count). The number of hydrogen-bond donors (Lipinski definition) is 3. The lowest BCUT2D eigenvalue weighted by Gasteiger charge is -2.04. The number of aliphatic hydroxyl groups is 1. The van der Waals surface area contributed by atoms with Gasteiger partial charge in [-0.2, -0.15) is 0 Å². The first kappa shape index (κ1) is 12.1. The Morgan fingerprint density at radius 1 is 1.31 bits per heavy atom. The Labute approximate surface area is 92.7 Å². The quantitative estimate of drug-likeness (QED) is 0.559. The van der Waals surface area contributed by atoms with Gasteiger partial charge in [0.1, 0.15) is 0 Å². The van der Waals surface area contributed by atoms with Crippen LogP contribution >= 0.6 is 0 Å². The van der Waals surface area contributed by atoms with Crippen LogP contribution in [0.4, 0.5) is 0 Å². The Hall–Kier alpha value is -1.95. The molecular formula is C10H13N3O3. The predicted molar refractivity (Wildman–Crippen MR) is 56.2 cm³/mol. The third kappa shape index (κ3) is 4.05. The number of pyridine rings is 1. The van der Waals surface area contributed by atoms with Crippen molar-refractivity contribution in [1.82, 2.24) is 15.6 Å². The highest BCUT2D eigenvalue weighted by Gasteiger charge is 2.11. The number of rotatable bonds is 4. The molecule has 0 bridgehead atoms. The first-order valence-electron chi connectivity index (χ1n) is 4.80. The third-order valence-electron chi connectivity index (χ3n) is 1.78. The fraction of sp³-hybridized carbons (Fsp3) is 0.300. The van der Waals surface area contributed by atoms with Crippen LogP contribution in [0.3, 0.4) is 0 Å². The van der Waals surface area contributed by atoms with Gasteiger partial charge in [0, 0.05) is 25.5 Å². The zero-order valence-electron chi connectivity index (χ0n) is 8.64. The second kappa shape index (κ2) is 6.52. The van der Waals surface area contributed by atoms with Crippen LogP contribution in [0.1, 0.15) is 5.56 Å². The molecule has 0 aliphatic heterocycles. The number of nitrogens with one attached hydrogen (secondary N) is 2. The van der Waals surface area contributed by atoms with E-state index in [1.165, 1.54) is 0 Å². The molecule has 6 nitrogen and oxygen atoms in total. The number of carbonyl (C=O) groups is 2. The Morgan fingerprint density at radius 3 is 2.69 bits per heavy atom. The average Bonchev–Trinajstić information content (AvgIpc) is 2.34. The molecule has 1 aromatic rings. The maximum Gasteiger partial charge on any atom is 0.309 e. The van der Waals surface area contributed by atoms with E-state index in [0.717, 1.165) is 5.56 Å². The Morgan fingerprint density at radius 2 is 2.06 bits per heavy atom. The molecule has 0 unspecified atom stereocenters. The highest BCUT2D eigenvalue weighted by Crippen LogP contribution is 1.93. The van der Waals surface area contributed by atoms with Crippen molar-refractivity contribution in [1.29, 1.82) is 0 Å². The molecule has 0 spiro atoms. The summed E-state index contributed by atoms with van der Waals surface area (Å²) in [6, 6.07) is 3.53. The van der Waals surface area contributed by atoms with Gasteiger partial charge in [-0.15, -0.1) is 0 Å². The molecule has 6 heteroatoms. The van der Waals surface area contributed by atoms with E-state index in [1.54, 1.807) is 24.5 Å². The van der Waals surface area contributed by atoms with E-state index in [0.29, 0.717) is 0 Å². The number of amides is 2. The van der Waals surface area contributed by atoms with Crippen LogP contribution in [-0.4, -0.2) is 35.1 Å². The van der Waals surface area contributed by atoms with Crippen LogP contribution < -0.4 is 10.6 Å². The highest BCUT2D eigenvalue weighted by molar-refractivity contribution is 6.35. The van der Waals surface area contributed by atoms with Crippen molar-refractivity contribution in [3.8, 4) is 0 Å². The van der Waals surface area contributed by atoms with Crippen LogP contribution in [0.2, 0.25) is 0 Å². The van der Waals surface area contributed by atoms with Crippen molar-refractivity contribution in [2.75, 3.05) is 13.2 Å². The molecule has 1 heterocycles. The van der Waals surface area contributed by atoms with E-state index in [9.17, 15) is 9.59 Å². The molecule has 0 radical (unpaired) electrons. The van der Waals surface area contributed by atoms with E-state index >= 15 is 0 Å². The number of aliphatic hydroxyl groups excluding tert-OH is 1. The second-order valence-electron chi connectivity index (χ2n) is 3.02. The van der Waals surface area contributed by atoms with Gasteiger partial charge >= 0.3 is 11.8 Å². The molecule has 0 aromatic carbocycles.